The number of aliphatic hydroxyl groups is 1. The van der Waals surface area contributed by atoms with Crippen LogP contribution in [0.5, 0.6) is 0 Å². The van der Waals surface area contributed by atoms with Crippen molar-refractivity contribution < 1.29 is 9.90 Å². The maximum Gasteiger partial charge on any atom is 0.261 e. The van der Waals surface area contributed by atoms with E-state index in [9.17, 15) is 9.90 Å². The van der Waals surface area contributed by atoms with E-state index < -0.39 is 6.10 Å². The van der Waals surface area contributed by atoms with E-state index >= 15 is 0 Å². The summed E-state index contributed by atoms with van der Waals surface area (Å²) < 4.78 is 1.70. The highest BCUT2D eigenvalue weighted by Gasteiger charge is 2.14. The van der Waals surface area contributed by atoms with Crippen LogP contribution in [0.3, 0.4) is 0 Å². The molecule has 0 bridgehead atoms. The highest BCUT2D eigenvalue weighted by Crippen LogP contribution is 2.32. The number of amides is 1. The number of aliphatic hydroxyl groups excluding tert-OH is 1. The van der Waals surface area contributed by atoms with Gasteiger partial charge in [-0.1, -0.05) is 23.7 Å². The van der Waals surface area contributed by atoms with E-state index in [2.05, 4.69) is 37.2 Å². The molecule has 0 fully saturated rings. The summed E-state index contributed by atoms with van der Waals surface area (Å²) in [6, 6.07) is 8.67. The quantitative estimate of drug-likeness (QED) is 0.742. The fourth-order valence-corrected chi connectivity index (χ4v) is 3.72. The summed E-state index contributed by atoms with van der Waals surface area (Å²) >= 11 is 13.9. The van der Waals surface area contributed by atoms with Crippen LogP contribution >= 0.6 is 54.8 Å². The summed E-state index contributed by atoms with van der Waals surface area (Å²) in [5, 5.41) is 13.3. The van der Waals surface area contributed by atoms with E-state index in [4.69, 9.17) is 11.6 Å². The molecule has 3 nitrogen and oxygen atoms in total. The van der Waals surface area contributed by atoms with Crippen molar-refractivity contribution in [2.75, 3.05) is 6.54 Å². The van der Waals surface area contributed by atoms with Gasteiger partial charge < -0.3 is 10.4 Å². The van der Waals surface area contributed by atoms with Crippen LogP contribution in [0.1, 0.15) is 21.3 Å². The van der Waals surface area contributed by atoms with Gasteiger partial charge in [-0.3, -0.25) is 4.79 Å². The fraction of sp³-hybridized carbons (Fsp3) is 0.154. The molecule has 1 aromatic carbocycles. The normalized spacial score (nSPS) is 12.2. The molecule has 0 unspecified atom stereocenters. The van der Waals surface area contributed by atoms with Gasteiger partial charge in [0.05, 0.1) is 14.8 Å². The lowest BCUT2D eigenvalue weighted by Gasteiger charge is -2.12. The Morgan fingerprint density at radius 3 is 2.75 bits per heavy atom. The lowest BCUT2D eigenvalue weighted by molar-refractivity contribution is 0.0920. The molecule has 0 aliphatic rings. The number of halogens is 3. The SMILES string of the molecule is O=C(NC[C@H](O)c1cccc(Cl)c1)c1cc(Br)c(Br)s1. The first-order valence-corrected chi connectivity index (χ1v) is 8.42. The molecule has 2 rings (SSSR count). The van der Waals surface area contributed by atoms with Crippen LogP contribution in [-0.2, 0) is 0 Å². The lowest BCUT2D eigenvalue weighted by Crippen LogP contribution is -2.27. The van der Waals surface area contributed by atoms with Crippen molar-refractivity contribution in [3.63, 3.8) is 0 Å². The van der Waals surface area contributed by atoms with E-state index in [0.29, 0.717) is 15.5 Å². The molecule has 1 heterocycles. The van der Waals surface area contributed by atoms with Gasteiger partial charge in [-0.2, -0.15) is 0 Å². The number of benzene rings is 1. The minimum absolute atomic E-state index is 0.131. The molecule has 106 valence electrons. The first-order valence-electron chi connectivity index (χ1n) is 5.64. The van der Waals surface area contributed by atoms with Gasteiger partial charge in [0.2, 0.25) is 0 Å². The lowest BCUT2D eigenvalue weighted by atomic mass is 10.1. The maximum atomic E-state index is 11.9. The molecule has 7 heteroatoms. The van der Waals surface area contributed by atoms with Crippen LogP contribution in [-0.4, -0.2) is 17.6 Å². The average Bonchev–Trinajstić information content (AvgIpc) is 2.76. The molecule has 0 spiro atoms. The Balaban J connectivity index is 1.96. The predicted octanol–water partition coefficient (Wildman–Crippen LogP) is 4.39. The van der Waals surface area contributed by atoms with Gasteiger partial charge in [0.25, 0.3) is 5.91 Å². The van der Waals surface area contributed by atoms with Gasteiger partial charge in [0.1, 0.15) is 0 Å². The van der Waals surface area contributed by atoms with Crippen molar-refractivity contribution in [3.05, 3.63) is 54.1 Å². The Morgan fingerprint density at radius 1 is 1.40 bits per heavy atom. The van der Waals surface area contributed by atoms with Crippen molar-refractivity contribution in [2.24, 2.45) is 0 Å². The highest BCUT2D eigenvalue weighted by molar-refractivity contribution is 9.13. The average molecular weight is 440 g/mol. The molecule has 0 radical (unpaired) electrons. The van der Waals surface area contributed by atoms with Crippen LogP contribution in [0.2, 0.25) is 5.02 Å². The highest BCUT2D eigenvalue weighted by atomic mass is 79.9. The summed E-state index contributed by atoms with van der Waals surface area (Å²) in [6.45, 7) is 0.131. The maximum absolute atomic E-state index is 11.9. The number of hydrogen-bond acceptors (Lipinski definition) is 3. The second-order valence-corrected chi connectivity index (χ2v) is 7.67. The molecular weight excluding hydrogens is 429 g/mol. The van der Waals surface area contributed by atoms with Gasteiger partial charge in [-0.15, -0.1) is 11.3 Å². The third kappa shape index (κ3) is 4.05. The summed E-state index contributed by atoms with van der Waals surface area (Å²) in [6.07, 6.45) is -0.788. The second kappa shape index (κ2) is 7.04. The van der Waals surface area contributed by atoms with Crippen molar-refractivity contribution in [2.45, 2.75) is 6.10 Å². The van der Waals surface area contributed by atoms with Gasteiger partial charge in [0.15, 0.2) is 0 Å². The Hall–Kier alpha value is -0.400. The predicted molar refractivity (Wildman–Crippen MR) is 88.5 cm³/mol. The van der Waals surface area contributed by atoms with E-state index in [1.165, 1.54) is 11.3 Å². The Bertz CT molecular complexity index is 613. The topological polar surface area (TPSA) is 49.3 Å². The van der Waals surface area contributed by atoms with Crippen molar-refractivity contribution in [3.8, 4) is 0 Å². The first-order chi connectivity index (χ1) is 9.47. The van der Waals surface area contributed by atoms with E-state index in [1.54, 1.807) is 30.3 Å². The molecule has 1 aromatic heterocycles. The molecule has 20 heavy (non-hydrogen) atoms. The Kier molecular flexibility index (Phi) is 5.63. The van der Waals surface area contributed by atoms with Gasteiger partial charge >= 0.3 is 0 Å². The molecule has 2 N–H and O–H groups in total. The van der Waals surface area contributed by atoms with Crippen LogP contribution in [0.4, 0.5) is 0 Å². The molecule has 1 atom stereocenters. The van der Waals surface area contributed by atoms with Crippen molar-refractivity contribution in [1.29, 1.82) is 0 Å². The standard InChI is InChI=1S/C13H10Br2ClNO2S/c14-9-5-11(20-12(9)15)13(19)17-6-10(18)7-2-1-3-8(16)4-7/h1-5,10,18H,6H2,(H,17,19)/t10-/m0/s1. The van der Waals surface area contributed by atoms with Gasteiger partial charge in [0, 0.05) is 16.0 Å². The summed E-state index contributed by atoms with van der Waals surface area (Å²) in [7, 11) is 0. The van der Waals surface area contributed by atoms with Crippen LogP contribution in [0.15, 0.2) is 38.6 Å². The minimum Gasteiger partial charge on any atom is -0.387 e. The third-order valence-electron chi connectivity index (χ3n) is 2.56. The zero-order valence-corrected chi connectivity index (χ0v) is 14.8. The third-order valence-corrected chi connectivity index (χ3v) is 6.05. The molecule has 0 aliphatic carbocycles. The van der Waals surface area contributed by atoms with Crippen LogP contribution in [0.25, 0.3) is 0 Å². The van der Waals surface area contributed by atoms with E-state index in [-0.39, 0.29) is 12.5 Å². The zero-order chi connectivity index (χ0) is 14.7. The van der Waals surface area contributed by atoms with E-state index in [1.807, 2.05) is 0 Å². The molecule has 0 saturated carbocycles. The molecule has 0 aliphatic heterocycles. The van der Waals surface area contributed by atoms with Crippen molar-refractivity contribution >= 4 is 60.7 Å². The number of rotatable bonds is 4. The summed E-state index contributed by atoms with van der Waals surface area (Å²) in [5.74, 6) is -0.220. The van der Waals surface area contributed by atoms with Gasteiger partial charge in [-0.25, -0.2) is 0 Å². The summed E-state index contributed by atoms with van der Waals surface area (Å²) in [4.78, 5) is 12.5. The number of hydrogen-bond donors (Lipinski definition) is 2. The second-order valence-electron chi connectivity index (χ2n) is 4.01. The smallest absolute Gasteiger partial charge is 0.261 e. The van der Waals surface area contributed by atoms with Gasteiger partial charge in [-0.05, 0) is 55.6 Å². The van der Waals surface area contributed by atoms with Crippen LogP contribution in [0, 0.1) is 0 Å². The molecule has 2 aromatic rings. The molecule has 0 saturated heterocycles. The Labute approximate surface area is 142 Å². The minimum atomic E-state index is -0.788. The molecule has 1 amide bonds. The fourth-order valence-electron chi connectivity index (χ4n) is 1.57. The number of carbonyl (C=O) groups excluding carboxylic acids is 1. The number of thiophene rings is 1. The molecular formula is C13H10Br2ClNO2S. The number of nitrogens with one attached hydrogen (secondary N) is 1. The first kappa shape index (κ1) is 16.0. The van der Waals surface area contributed by atoms with Crippen molar-refractivity contribution in [1.82, 2.24) is 5.32 Å². The van der Waals surface area contributed by atoms with E-state index in [0.717, 1.165) is 8.26 Å². The Morgan fingerprint density at radius 2 is 2.15 bits per heavy atom. The largest absolute Gasteiger partial charge is 0.387 e. The van der Waals surface area contributed by atoms with Crippen LogP contribution < -0.4 is 5.32 Å². The monoisotopic (exact) mass is 437 g/mol. The number of carbonyl (C=O) groups is 1. The zero-order valence-electron chi connectivity index (χ0n) is 10.1. The summed E-state index contributed by atoms with van der Waals surface area (Å²) in [5.41, 5.74) is 0.673.